The maximum absolute atomic E-state index is 11.8. The minimum Gasteiger partial charge on any atom is -0.361 e. The average Bonchev–Trinajstić information content (AvgIpc) is 3.00. The van der Waals surface area contributed by atoms with E-state index in [1.165, 1.54) is 0 Å². The normalized spacial score (nSPS) is 14.6. The Labute approximate surface area is 111 Å². The first-order valence-electron chi connectivity index (χ1n) is 6.47. The van der Waals surface area contributed by atoms with Crippen LogP contribution >= 0.6 is 0 Å². The Hall–Kier alpha value is -2.05. The summed E-state index contributed by atoms with van der Waals surface area (Å²) in [7, 11) is 0. The molecule has 0 spiro atoms. The van der Waals surface area contributed by atoms with Gasteiger partial charge in [0.1, 0.15) is 5.76 Å². The molecule has 19 heavy (non-hydrogen) atoms. The molecule has 0 bridgehead atoms. The maximum Gasteiger partial charge on any atom is 0.317 e. The van der Waals surface area contributed by atoms with E-state index >= 15 is 0 Å². The zero-order chi connectivity index (χ0) is 13.7. The Balaban J connectivity index is 1.75. The van der Waals surface area contributed by atoms with Crippen molar-refractivity contribution in [1.82, 2.24) is 20.7 Å². The minimum atomic E-state index is -0.272. The van der Waals surface area contributed by atoms with Crippen molar-refractivity contribution >= 4 is 11.9 Å². The Morgan fingerprint density at radius 1 is 1.63 bits per heavy atom. The highest BCUT2D eigenvalue weighted by Crippen LogP contribution is 2.06. The molecule has 2 heterocycles. The van der Waals surface area contributed by atoms with Gasteiger partial charge in [0.15, 0.2) is 5.69 Å². The summed E-state index contributed by atoms with van der Waals surface area (Å²) in [5.74, 6) is 0.442. The molecule has 104 valence electrons. The molecule has 1 aromatic rings. The van der Waals surface area contributed by atoms with E-state index in [1.54, 1.807) is 11.0 Å². The van der Waals surface area contributed by atoms with Gasteiger partial charge in [-0.2, -0.15) is 0 Å². The van der Waals surface area contributed by atoms with Crippen molar-refractivity contribution in [3.05, 3.63) is 17.5 Å². The Kier molecular flexibility index (Phi) is 4.38. The van der Waals surface area contributed by atoms with Crippen molar-refractivity contribution in [2.24, 2.45) is 0 Å². The van der Waals surface area contributed by atoms with E-state index in [4.69, 9.17) is 4.52 Å². The first-order chi connectivity index (χ1) is 9.20. The molecular formula is C12H18N4O3. The molecule has 2 N–H and O–H groups in total. The molecule has 7 heteroatoms. The van der Waals surface area contributed by atoms with E-state index in [0.29, 0.717) is 31.9 Å². The van der Waals surface area contributed by atoms with Crippen LogP contribution in [0.25, 0.3) is 0 Å². The molecule has 1 aliphatic heterocycles. The van der Waals surface area contributed by atoms with Gasteiger partial charge in [-0.25, -0.2) is 4.79 Å². The summed E-state index contributed by atoms with van der Waals surface area (Å²) < 4.78 is 5.04. The molecule has 1 saturated heterocycles. The SMILES string of the molecule is CCCc1cc(C(=O)NCCN2CCNC2=O)no1. The van der Waals surface area contributed by atoms with Crippen molar-refractivity contribution in [1.29, 1.82) is 0 Å². The smallest absolute Gasteiger partial charge is 0.317 e. The third kappa shape index (κ3) is 3.46. The predicted octanol–water partition coefficient (Wildman–Crippen LogP) is 0.382. The van der Waals surface area contributed by atoms with Gasteiger partial charge in [-0.05, 0) is 6.42 Å². The summed E-state index contributed by atoms with van der Waals surface area (Å²) in [6.07, 6.45) is 1.72. The maximum atomic E-state index is 11.8. The van der Waals surface area contributed by atoms with E-state index in [9.17, 15) is 9.59 Å². The lowest BCUT2D eigenvalue weighted by Crippen LogP contribution is -2.36. The first kappa shape index (κ1) is 13.4. The fourth-order valence-corrected chi connectivity index (χ4v) is 1.90. The van der Waals surface area contributed by atoms with Gasteiger partial charge in [-0.3, -0.25) is 4.79 Å². The van der Waals surface area contributed by atoms with E-state index in [-0.39, 0.29) is 17.6 Å². The number of rotatable bonds is 6. The second-order valence-corrected chi connectivity index (χ2v) is 4.40. The number of nitrogens with one attached hydrogen (secondary N) is 2. The van der Waals surface area contributed by atoms with Crippen molar-refractivity contribution in [2.45, 2.75) is 19.8 Å². The molecule has 7 nitrogen and oxygen atoms in total. The lowest BCUT2D eigenvalue weighted by Gasteiger charge is -2.13. The molecule has 1 aliphatic rings. The highest BCUT2D eigenvalue weighted by Gasteiger charge is 2.19. The standard InChI is InChI=1S/C12H18N4O3/c1-2-3-9-8-10(15-19-9)11(17)13-4-6-16-7-5-14-12(16)18/h8H,2-7H2,1H3,(H,13,17)(H,14,18). The number of hydrogen-bond donors (Lipinski definition) is 2. The zero-order valence-electron chi connectivity index (χ0n) is 10.9. The van der Waals surface area contributed by atoms with Crippen LogP contribution in [0.5, 0.6) is 0 Å². The fourth-order valence-electron chi connectivity index (χ4n) is 1.90. The predicted molar refractivity (Wildman–Crippen MR) is 67.8 cm³/mol. The number of aromatic nitrogens is 1. The first-order valence-corrected chi connectivity index (χ1v) is 6.47. The van der Waals surface area contributed by atoms with Gasteiger partial charge < -0.3 is 20.1 Å². The molecule has 1 aromatic heterocycles. The van der Waals surface area contributed by atoms with Crippen LogP contribution < -0.4 is 10.6 Å². The second kappa shape index (κ2) is 6.21. The molecular weight excluding hydrogens is 248 g/mol. The van der Waals surface area contributed by atoms with Crippen LogP contribution in [-0.4, -0.2) is 48.2 Å². The number of carbonyl (C=O) groups is 2. The molecule has 1 fully saturated rings. The summed E-state index contributed by atoms with van der Waals surface area (Å²) in [5, 5.41) is 9.14. The van der Waals surface area contributed by atoms with Crippen molar-refractivity contribution < 1.29 is 14.1 Å². The topological polar surface area (TPSA) is 87.5 Å². The number of urea groups is 1. The van der Waals surface area contributed by atoms with Crippen LogP contribution in [0.4, 0.5) is 4.79 Å². The second-order valence-electron chi connectivity index (χ2n) is 4.40. The van der Waals surface area contributed by atoms with Crippen LogP contribution in [0.15, 0.2) is 10.6 Å². The van der Waals surface area contributed by atoms with Crippen molar-refractivity contribution in [3.63, 3.8) is 0 Å². The van der Waals surface area contributed by atoms with Crippen LogP contribution in [0.1, 0.15) is 29.6 Å². The molecule has 2 rings (SSSR count). The highest BCUT2D eigenvalue weighted by atomic mass is 16.5. The fraction of sp³-hybridized carbons (Fsp3) is 0.583. The van der Waals surface area contributed by atoms with Gasteiger partial charge in [-0.1, -0.05) is 12.1 Å². The number of hydrogen-bond acceptors (Lipinski definition) is 4. The van der Waals surface area contributed by atoms with E-state index in [1.807, 2.05) is 6.92 Å². The largest absolute Gasteiger partial charge is 0.361 e. The van der Waals surface area contributed by atoms with E-state index in [0.717, 1.165) is 12.8 Å². The molecule has 0 radical (unpaired) electrons. The quantitative estimate of drug-likeness (QED) is 0.779. The molecule has 0 saturated carbocycles. The van der Waals surface area contributed by atoms with Gasteiger partial charge in [-0.15, -0.1) is 0 Å². The van der Waals surface area contributed by atoms with Crippen LogP contribution in [0, 0.1) is 0 Å². The summed E-state index contributed by atoms with van der Waals surface area (Å²) >= 11 is 0. The zero-order valence-corrected chi connectivity index (χ0v) is 10.9. The van der Waals surface area contributed by atoms with Crippen LogP contribution in [0.3, 0.4) is 0 Å². The molecule has 0 aromatic carbocycles. The summed E-state index contributed by atoms with van der Waals surface area (Å²) in [6.45, 7) is 4.28. The lowest BCUT2D eigenvalue weighted by atomic mass is 10.2. The van der Waals surface area contributed by atoms with Gasteiger partial charge in [0, 0.05) is 38.7 Å². The van der Waals surface area contributed by atoms with Crippen LogP contribution in [0.2, 0.25) is 0 Å². The van der Waals surface area contributed by atoms with E-state index in [2.05, 4.69) is 15.8 Å². The van der Waals surface area contributed by atoms with Gasteiger partial charge in [0.25, 0.3) is 5.91 Å². The summed E-state index contributed by atoms with van der Waals surface area (Å²) in [4.78, 5) is 24.7. The van der Waals surface area contributed by atoms with Crippen LogP contribution in [-0.2, 0) is 6.42 Å². The lowest BCUT2D eigenvalue weighted by molar-refractivity contribution is 0.0941. The summed E-state index contributed by atoms with van der Waals surface area (Å²) in [5.41, 5.74) is 0.286. The van der Waals surface area contributed by atoms with Gasteiger partial charge >= 0.3 is 6.03 Å². The average molecular weight is 266 g/mol. The number of amides is 3. The summed E-state index contributed by atoms with van der Waals surface area (Å²) in [6, 6.07) is 1.57. The van der Waals surface area contributed by atoms with Crippen molar-refractivity contribution in [3.8, 4) is 0 Å². The highest BCUT2D eigenvalue weighted by molar-refractivity contribution is 5.92. The molecule has 3 amide bonds. The molecule has 0 aliphatic carbocycles. The Morgan fingerprint density at radius 2 is 2.47 bits per heavy atom. The van der Waals surface area contributed by atoms with Crippen molar-refractivity contribution in [2.75, 3.05) is 26.2 Å². The Bertz CT molecular complexity index is 458. The van der Waals surface area contributed by atoms with Gasteiger partial charge in [0.2, 0.25) is 0 Å². The molecule has 0 atom stereocenters. The number of carbonyl (C=O) groups excluding carboxylic acids is 2. The number of nitrogens with zero attached hydrogens (tertiary/aromatic N) is 2. The van der Waals surface area contributed by atoms with Gasteiger partial charge in [0.05, 0.1) is 0 Å². The number of aryl methyl sites for hydroxylation is 1. The van der Waals surface area contributed by atoms with E-state index < -0.39 is 0 Å². The monoisotopic (exact) mass is 266 g/mol. The molecule has 0 unspecified atom stereocenters. The Morgan fingerprint density at radius 3 is 3.16 bits per heavy atom. The minimum absolute atomic E-state index is 0.0825. The third-order valence-electron chi connectivity index (χ3n) is 2.90. The third-order valence-corrected chi connectivity index (χ3v) is 2.90.